The molecule has 2 aliphatic rings. The van der Waals surface area contributed by atoms with E-state index >= 15 is 0 Å². The Hall–Kier alpha value is -3.18. The van der Waals surface area contributed by atoms with Crippen molar-refractivity contribution in [1.82, 2.24) is 9.88 Å². The zero-order chi connectivity index (χ0) is 28.9. The van der Waals surface area contributed by atoms with Crippen LogP contribution >= 0.6 is 0 Å². The fourth-order valence-electron chi connectivity index (χ4n) is 5.19. The van der Waals surface area contributed by atoms with Gasteiger partial charge in [-0.1, -0.05) is 26.0 Å². The molecule has 3 heterocycles. The predicted octanol–water partition coefficient (Wildman–Crippen LogP) is 5.22. The first-order valence-corrected chi connectivity index (χ1v) is 13.9. The number of rotatable bonds is 9. The van der Waals surface area contributed by atoms with E-state index in [9.17, 15) is 18.0 Å². The van der Waals surface area contributed by atoms with Crippen LogP contribution in [0.25, 0.3) is 11.1 Å². The molecule has 2 aliphatic heterocycles. The van der Waals surface area contributed by atoms with Crippen molar-refractivity contribution in [3.05, 3.63) is 41.6 Å². The highest BCUT2D eigenvalue weighted by Crippen LogP contribution is 2.34. The Bertz CT molecular complexity index is 1180. The lowest BCUT2D eigenvalue weighted by Gasteiger charge is -2.34. The topological polar surface area (TPSA) is 90.8 Å². The van der Waals surface area contributed by atoms with Crippen molar-refractivity contribution >= 4 is 23.2 Å². The van der Waals surface area contributed by atoms with Crippen LogP contribution in [0, 0.1) is 11.3 Å². The number of hydrogen-bond donors (Lipinski definition) is 2. The molecule has 40 heavy (non-hydrogen) atoms. The molecule has 218 valence electrons. The van der Waals surface area contributed by atoms with Gasteiger partial charge in [-0.3, -0.25) is 4.90 Å². The van der Waals surface area contributed by atoms with E-state index in [4.69, 9.17) is 14.9 Å². The van der Waals surface area contributed by atoms with Crippen LogP contribution < -0.4 is 10.2 Å². The van der Waals surface area contributed by atoms with E-state index in [0.29, 0.717) is 55.3 Å². The fourth-order valence-corrected chi connectivity index (χ4v) is 5.19. The SMILES string of the molecule is CCOC(=O)c1cc(-c2ccc(N3CCOCC3)cc2)c(C(=N)C(C)C)c(NC2CCCN(CC(F)(F)F)C2)n1. The minimum Gasteiger partial charge on any atom is -0.461 e. The van der Waals surface area contributed by atoms with Gasteiger partial charge < -0.3 is 25.1 Å². The molecule has 0 amide bonds. The molecule has 0 bridgehead atoms. The summed E-state index contributed by atoms with van der Waals surface area (Å²) in [6, 6.07) is 9.27. The number of nitrogens with zero attached hydrogens (tertiary/aromatic N) is 3. The smallest absolute Gasteiger partial charge is 0.401 e. The summed E-state index contributed by atoms with van der Waals surface area (Å²) in [4.78, 5) is 21.0. The van der Waals surface area contributed by atoms with Gasteiger partial charge in [0.15, 0.2) is 5.69 Å². The first kappa shape index (κ1) is 29.8. The van der Waals surface area contributed by atoms with Crippen molar-refractivity contribution in [3.8, 4) is 11.1 Å². The normalized spacial score (nSPS) is 18.6. The number of hydrogen-bond acceptors (Lipinski definition) is 8. The molecule has 1 unspecified atom stereocenters. The number of alkyl halides is 3. The van der Waals surface area contributed by atoms with Crippen molar-refractivity contribution in [1.29, 1.82) is 5.41 Å². The van der Waals surface area contributed by atoms with Gasteiger partial charge in [0, 0.05) is 42.6 Å². The predicted molar refractivity (Wildman–Crippen MR) is 149 cm³/mol. The molecule has 2 fully saturated rings. The van der Waals surface area contributed by atoms with Crippen LogP contribution in [-0.4, -0.2) is 86.3 Å². The summed E-state index contributed by atoms with van der Waals surface area (Å²) in [6.07, 6.45) is -3.04. The average molecular weight is 562 g/mol. The maximum atomic E-state index is 13.1. The highest BCUT2D eigenvalue weighted by Gasteiger charge is 2.34. The van der Waals surface area contributed by atoms with Crippen LogP contribution in [-0.2, 0) is 9.47 Å². The molecule has 4 rings (SSSR count). The lowest BCUT2D eigenvalue weighted by molar-refractivity contribution is -0.147. The van der Waals surface area contributed by atoms with E-state index in [2.05, 4.69) is 15.2 Å². The van der Waals surface area contributed by atoms with E-state index in [1.165, 1.54) is 4.90 Å². The molecule has 0 spiro atoms. The number of anilines is 2. The average Bonchev–Trinajstić information content (AvgIpc) is 2.92. The van der Waals surface area contributed by atoms with Crippen molar-refractivity contribution in [2.24, 2.45) is 5.92 Å². The molecule has 0 radical (unpaired) electrons. The number of halogens is 3. The van der Waals surface area contributed by atoms with E-state index in [-0.39, 0.29) is 30.8 Å². The molecule has 1 aromatic heterocycles. The molecule has 0 aliphatic carbocycles. The number of carbonyl (C=O) groups is 1. The summed E-state index contributed by atoms with van der Waals surface area (Å²) in [5, 5.41) is 12.3. The number of carbonyl (C=O) groups excluding carboxylic acids is 1. The number of esters is 1. The van der Waals surface area contributed by atoms with Gasteiger partial charge >= 0.3 is 12.1 Å². The minimum atomic E-state index is -4.28. The van der Waals surface area contributed by atoms with Crippen LogP contribution in [0.15, 0.2) is 30.3 Å². The summed E-state index contributed by atoms with van der Waals surface area (Å²) in [5.41, 5.74) is 3.44. The van der Waals surface area contributed by atoms with Gasteiger partial charge in [0.1, 0.15) is 5.82 Å². The van der Waals surface area contributed by atoms with E-state index in [1.54, 1.807) is 13.0 Å². The Balaban J connectivity index is 1.75. The van der Waals surface area contributed by atoms with E-state index in [1.807, 2.05) is 38.1 Å². The third kappa shape index (κ3) is 7.51. The second-order valence-corrected chi connectivity index (χ2v) is 10.5. The highest BCUT2D eigenvalue weighted by molar-refractivity contribution is 6.10. The Morgan fingerprint density at radius 2 is 1.90 bits per heavy atom. The summed E-state index contributed by atoms with van der Waals surface area (Å²) in [7, 11) is 0. The molecular formula is C29H38F3N5O3. The summed E-state index contributed by atoms with van der Waals surface area (Å²) >= 11 is 0. The molecule has 2 N–H and O–H groups in total. The number of benzene rings is 1. The number of morpholine rings is 1. The van der Waals surface area contributed by atoms with Gasteiger partial charge in [-0.25, -0.2) is 9.78 Å². The maximum Gasteiger partial charge on any atom is 0.401 e. The zero-order valence-corrected chi connectivity index (χ0v) is 23.3. The molecule has 8 nitrogen and oxygen atoms in total. The van der Waals surface area contributed by atoms with Gasteiger partial charge in [-0.05, 0) is 61.6 Å². The minimum absolute atomic E-state index is 0.0832. The van der Waals surface area contributed by atoms with Crippen molar-refractivity contribution < 1.29 is 27.4 Å². The van der Waals surface area contributed by atoms with Gasteiger partial charge in [0.2, 0.25) is 0 Å². The number of nitrogens with one attached hydrogen (secondary N) is 2. The third-order valence-electron chi connectivity index (χ3n) is 7.15. The monoisotopic (exact) mass is 561 g/mol. The molecule has 1 atom stereocenters. The van der Waals surface area contributed by atoms with Gasteiger partial charge in [0.05, 0.1) is 26.4 Å². The Labute approximate surface area is 233 Å². The van der Waals surface area contributed by atoms with Crippen LogP contribution in [0.4, 0.5) is 24.7 Å². The first-order chi connectivity index (χ1) is 19.1. The number of piperidine rings is 1. The second kappa shape index (κ2) is 13.0. The number of likely N-dealkylation sites (tertiary alicyclic amines) is 1. The Morgan fingerprint density at radius 3 is 2.52 bits per heavy atom. The third-order valence-corrected chi connectivity index (χ3v) is 7.15. The van der Waals surface area contributed by atoms with Crippen molar-refractivity contribution in [2.45, 2.75) is 45.8 Å². The van der Waals surface area contributed by atoms with E-state index in [0.717, 1.165) is 24.3 Å². The molecule has 1 aromatic carbocycles. The maximum absolute atomic E-state index is 13.1. The molecular weight excluding hydrogens is 523 g/mol. The lowest BCUT2D eigenvalue weighted by atomic mass is 9.91. The van der Waals surface area contributed by atoms with Gasteiger partial charge in [-0.15, -0.1) is 0 Å². The number of pyridine rings is 1. The lowest BCUT2D eigenvalue weighted by Crippen LogP contribution is -2.46. The first-order valence-electron chi connectivity index (χ1n) is 13.9. The fraction of sp³-hybridized carbons (Fsp3) is 0.552. The molecule has 2 aromatic rings. The number of aromatic nitrogens is 1. The van der Waals surface area contributed by atoms with Gasteiger partial charge in [0.25, 0.3) is 0 Å². The van der Waals surface area contributed by atoms with Crippen LogP contribution in [0.3, 0.4) is 0 Å². The van der Waals surface area contributed by atoms with Crippen LogP contribution in [0.2, 0.25) is 0 Å². The summed E-state index contributed by atoms with van der Waals surface area (Å²) < 4.78 is 50.0. The van der Waals surface area contributed by atoms with Gasteiger partial charge in [-0.2, -0.15) is 13.2 Å². The largest absolute Gasteiger partial charge is 0.461 e. The second-order valence-electron chi connectivity index (χ2n) is 10.5. The van der Waals surface area contributed by atoms with Crippen molar-refractivity contribution in [2.75, 3.05) is 62.8 Å². The van der Waals surface area contributed by atoms with Crippen LogP contribution in [0.5, 0.6) is 0 Å². The van der Waals surface area contributed by atoms with E-state index < -0.39 is 18.7 Å². The van der Waals surface area contributed by atoms with Crippen LogP contribution in [0.1, 0.15) is 49.7 Å². The standard InChI is InChI=1S/C29H38F3N5O3/c1-4-40-28(38)24-16-23(20-7-9-22(10-8-20)37-12-14-39-15-13-37)25(26(33)19(2)3)27(35-24)34-21-6-5-11-36(17-21)18-29(30,31)32/h7-10,16,19,21,33H,4-6,11-15,17-18H2,1-3H3,(H,34,35). The summed E-state index contributed by atoms with van der Waals surface area (Å²) in [6.45, 7) is 8.20. The Morgan fingerprint density at radius 1 is 1.20 bits per heavy atom. The quantitative estimate of drug-likeness (QED) is 0.320. The zero-order valence-electron chi connectivity index (χ0n) is 23.3. The summed E-state index contributed by atoms with van der Waals surface area (Å²) in [5.74, 6) is -0.438. The number of ether oxygens (including phenoxy) is 2. The highest BCUT2D eigenvalue weighted by atomic mass is 19.4. The molecule has 0 saturated carbocycles. The molecule has 11 heteroatoms. The molecule has 2 saturated heterocycles. The Kier molecular flexibility index (Phi) is 9.68. The van der Waals surface area contributed by atoms with Crippen molar-refractivity contribution in [3.63, 3.8) is 0 Å².